The Balaban J connectivity index is 1.73. The first-order valence-corrected chi connectivity index (χ1v) is 7.87. The number of aliphatic hydroxyl groups excluding tert-OH is 1. The quantitative estimate of drug-likeness (QED) is 0.424. The largest absolute Gasteiger partial charge is 0.504 e. The van der Waals surface area contributed by atoms with Gasteiger partial charge < -0.3 is 5.11 Å². The van der Waals surface area contributed by atoms with E-state index >= 15 is 0 Å². The highest BCUT2D eigenvalue weighted by Gasteiger charge is 2.12. The topological polar surface area (TPSA) is 91.8 Å². The minimum Gasteiger partial charge on any atom is -0.504 e. The van der Waals surface area contributed by atoms with Gasteiger partial charge in [0.15, 0.2) is 11.5 Å². The smallest absolute Gasteiger partial charge is 0.239 e. The fourth-order valence-corrected chi connectivity index (χ4v) is 3.68. The Kier molecular flexibility index (Phi) is 4.31. The summed E-state index contributed by atoms with van der Waals surface area (Å²) in [6.45, 7) is 0. The maximum Gasteiger partial charge on any atom is 0.239 e. The summed E-state index contributed by atoms with van der Waals surface area (Å²) in [5.41, 5.74) is 0. The molecule has 2 N–H and O–H groups in total. The monoisotopic (exact) mass is 330 g/mol. The molecular weight excluding hydrogens is 320 g/mol. The molecule has 0 spiro atoms. The number of rotatable bonds is 5. The van der Waals surface area contributed by atoms with Gasteiger partial charge in [0.05, 0.1) is 9.09 Å². The number of carbonyl (C=O) groups excluding carboxylic acids is 1. The fourth-order valence-electron chi connectivity index (χ4n) is 1.64. The van der Waals surface area contributed by atoms with Crippen molar-refractivity contribution < 1.29 is 9.90 Å². The Morgan fingerprint density at radius 1 is 1.23 bits per heavy atom. The van der Waals surface area contributed by atoms with Crippen LogP contribution in [0.15, 0.2) is 57.6 Å². The molecule has 6 nitrogen and oxygen atoms in total. The molecule has 8 heteroatoms. The van der Waals surface area contributed by atoms with Gasteiger partial charge >= 0.3 is 0 Å². The molecule has 0 atom stereocenters. The molecule has 0 unspecified atom stereocenters. The zero-order valence-electron chi connectivity index (χ0n) is 11.1. The van der Waals surface area contributed by atoms with Gasteiger partial charge in [0, 0.05) is 11.0 Å². The minimum absolute atomic E-state index is 0.0104. The average Bonchev–Trinajstić information content (AvgIpc) is 3.19. The SMILES string of the molecule is O=C(C=C(O)c1nn[nH]n1)c1ccc(Sc2ccccc2)s1. The fraction of sp³-hybridized carbons (Fsp3) is 0. The molecule has 2 heterocycles. The van der Waals surface area contributed by atoms with Crippen LogP contribution in [-0.2, 0) is 0 Å². The van der Waals surface area contributed by atoms with Crippen molar-refractivity contribution in [2.24, 2.45) is 0 Å². The molecule has 0 bridgehead atoms. The molecule has 110 valence electrons. The molecule has 0 aliphatic heterocycles. The van der Waals surface area contributed by atoms with E-state index in [1.54, 1.807) is 17.8 Å². The second kappa shape index (κ2) is 6.54. The molecule has 3 aromatic rings. The van der Waals surface area contributed by atoms with E-state index in [4.69, 9.17) is 0 Å². The van der Waals surface area contributed by atoms with Gasteiger partial charge in [-0.2, -0.15) is 5.21 Å². The van der Waals surface area contributed by atoms with Crippen molar-refractivity contribution in [1.82, 2.24) is 20.6 Å². The molecule has 0 amide bonds. The number of nitrogens with zero attached hydrogens (tertiary/aromatic N) is 3. The van der Waals surface area contributed by atoms with Crippen LogP contribution in [0.5, 0.6) is 0 Å². The molecule has 1 aromatic carbocycles. The molecule has 0 aliphatic rings. The van der Waals surface area contributed by atoms with Crippen LogP contribution in [0.4, 0.5) is 0 Å². The van der Waals surface area contributed by atoms with Gasteiger partial charge in [0.2, 0.25) is 5.82 Å². The number of nitrogens with one attached hydrogen (secondary N) is 1. The number of thiophene rings is 1. The lowest BCUT2D eigenvalue weighted by atomic mass is 10.3. The van der Waals surface area contributed by atoms with E-state index in [1.807, 2.05) is 36.4 Å². The van der Waals surface area contributed by atoms with Gasteiger partial charge in [-0.1, -0.05) is 30.0 Å². The first-order valence-electron chi connectivity index (χ1n) is 6.24. The number of hydrogen-bond donors (Lipinski definition) is 2. The minimum atomic E-state index is -0.315. The highest BCUT2D eigenvalue weighted by Crippen LogP contribution is 2.33. The van der Waals surface area contributed by atoms with Crippen molar-refractivity contribution in [3.8, 4) is 0 Å². The summed E-state index contributed by atoms with van der Waals surface area (Å²) in [5, 5.41) is 22.5. The number of hydrogen-bond acceptors (Lipinski definition) is 7. The van der Waals surface area contributed by atoms with Gasteiger partial charge in [-0.05, 0) is 29.5 Å². The van der Waals surface area contributed by atoms with E-state index in [0.29, 0.717) is 4.88 Å². The van der Waals surface area contributed by atoms with E-state index in [9.17, 15) is 9.90 Å². The normalized spacial score (nSPS) is 11.5. The predicted octanol–water partition coefficient (Wildman–Crippen LogP) is 3.19. The maximum atomic E-state index is 12.1. The summed E-state index contributed by atoms with van der Waals surface area (Å²) in [4.78, 5) is 13.7. The number of aliphatic hydroxyl groups is 1. The van der Waals surface area contributed by atoms with Crippen LogP contribution >= 0.6 is 23.1 Å². The van der Waals surface area contributed by atoms with Gasteiger partial charge in [-0.3, -0.25) is 4.79 Å². The molecule has 0 aliphatic carbocycles. The lowest BCUT2D eigenvalue weighted by Crippen LogP contribution is -1.94. The van der Waals surface area contributed by atoms with E-state index < -0.39 is 0 Å². The first kappa shape index (κ1) is 14.5. The van der Waals surface area contributed by atoms with Crippen molar-refractivity contribution in [3.63, 3.8) is 0 Å². The molecule has 0 saturated carbocycles. The summed E-state index contributed by atoms with van der Waals surface area (Å²) >= 11 is 2.95. The lowest BCUT2D eigenvalue weighted by molar-refractivity contribution is 0.104. The molecule has 2 aromatic heterocycles. The van der Waals surface area contributed by atoms with Crippen molar-refractivity contribution in [1.29, 1.82) is 0 Å². The number of aromatic nitrogens is 4. The van der Waals surface area contributed by atoms with Crippen molar-refractivity contribution in [2.75, 3.05) is 0 Å². The van der Waals surface area contributed by atoms with E-state index in [-0.39, 0.29) is 17.4 Å². The van der Waals surface area contributed by atoms with Gasteiger partial charge in [0.1, 0.15) is 0 Å². The maximum absolute atomic E-state index is 12.1. The highest BCUT2D eigenvalue weighted by molar-refractivity contribution is 8.01. The third-order valence-corrected chi connectivity index (χ3v) is 4.87. The molecular formula is C14H10N4O2S2. The van der Waals surface area contributed by atoms with Crippen LogP contribution < -0.4 is 0 Å². The molecule has 0 saturated heterocycles. The van der Waals surface area contributed by atoms with Crippen LogP contribution in [0.3, 0.4) is 0 Å². The van der Waals surface area contributed by atoms with Crippen LogP contribution in [0.2, 0.25) is 0 Å². The van der Waals surface area contributed by atoms with Crippen molar-refractivity contribution in [2.45, 2.75) is 9.10 Å². The Hall–Kier alpha value is -2.45. The first-order chi connectivity index (χ1) is 10.7. The molecule has 0 radical (unpaired) electrons. The third kappa shape index (κ3) is 3.41. The number of ketones is 1. The number of allylic oxidation sites excluding steroid dienone is 1. The van der Waals surface area contributed by atoms with Gasteiger partial charge in [-0.25, -0.2) is 0 Å². The second-order valence-corrected chi connectivity index (χ2v) is 6.62. The third-order valence-electron chi connectivity index (χ3n) is 2.63. The van der Waals surface area contributed by atoms with E-state index in [1.165, 1.54) is 11.3 Å². The standard InChI is InChI=1S/C14H10N4O2S2/c19-10(8-11(20)14-15-17-18-16-14)12-6-7-13(22-12)21-9-4-2-1-3-5-9/h1-8,20H,(H,15,16,17,18). The zero-order valence-corrected chi connectivity index (χ0v) is 12.8. The lowest BCUT2D eigenvalue weighted by Gasteiger charge is -1.96. The Bertz CT molecular complexity index is 797. The number of benzene rings is 1. The summed E-state index contributed by atoms with van der Waals surface area (Å²) in [5.74, 6) is -0.625. The summed E-state index contributed by atoms with van der Waals surface area (Å²) < 4.78 is 1.00. The predicted molar refractivity (Wildman–Crippen MR) is 84.0 cm³/mol. The summed E-state index contributed by atoms with van der Waals surface area (Å²) in [6, 6.07) is 13.5. The van der Waals surface area contributed by atoms with Crippen LogP contribution in [0.25, 0.3) is 5.76 Å². The van der Waals surface area contributed by atoms with Crippen molar-refractivity contribution in [3.05, 3.63) is 59.2 Å². The zero-order chi connectivity index (χ0) is 15.4. The van der Waals surface area contributed by atoms with Crippen LogP contribution in [-0.4, -0.2) is 31.5 Å². The molecule has 3 rings (SSSR count). The Morgan fingerprint density at radius 2 is 2.05 bits per heavy atom. The highest BCUT2D eigenvalue weighted by atomic mass is 32.2. The molecule has 0 fully saturated rings. The van der Waals surface area contributed by atoms with Crippen LogP contribution in [0.1, 0.15) is 15.5 Å². The van der Waals surface area contributed by atoms with Crippen LogP contribution in [0, 0.1) is 0 Å². The Labute approximate surface area is 133 Å². The van der Waals surface area contributed by atoms with E-state index in [2.05, 4.69) is 20.6 Å². The van der Waals surface area contributed by atoms with E-state index in [0.717, 1.165) is 15.2 Å². The average molecular weight is 330 g/mol. The molecule has 22 heavy (non-hydrogen) atoms. The summed E-state index contributed by atoms with van der Waals surface area (Å²) in [7, 11) is 0. The van der Waals surface area contributed by atoms with Crippen molar-refractivity contribution >= 4 is 34.6 Å². The number of H-pyrrole nitrogens is 1. The second-order valence-electron chi connectivity index (χ2n) is 4.16. The number of tetrazole rings is 1. The number of aromatic amines is 1. The summed E-state index contributed by atoms with van der Waals surface area (Å²) in [6.07, 6.45) is 1.09. The van der Waals surface area contributed by atoms with Gasteiger partial charge in [0.25, 0.3) is 0 Å². The number of carbonyl (C=O) groups is 1. The van der Waals surface area contributed by atoms with Gasteiger partial charge in [-0.15, -0.1) is 21.5 Å². The Morgan fingerprint density at radius 3 is 2.77 bits per heavy atom.